The van der Waals surface area contributed by atoms with E-state index in [0.717, 1.165) is 6.21 Å². The summed E-state index contributed by atoms with van der Waals surface area (Å²) in [6.07, 6.45) is -5.61. The molecule has 28 heavy (non-hydrogen) atoms. The summed E-state index contributed by atoms with van der Waals surface area (Å²) in [6, 6.07) is 14.6. The fourth-order valence-corrected chi connectivity index (χ4v) is 2.50. The lowest BCUT2D eigenvalue weighted by molar-refractivity contribution is -0.0999. The summed E-state index contributed by atoms with van der Waals surface area (Å²) in [6.45, 7) is -0.751. The second-order valence-electron chi connectivity index (χ2n) is 6.15. The molecule has 2 aromatic carbocycles. The van der Waals surface area contributed by atoms with Gasteiger partial charge in [0.1, 0.15) is 35.9 Å². The average Bonchev–Trinajstić information content (AvgIpc) is 3.13. The van der Waals surface area contributed by atoms with Gasteiger partial charge in [-0.05, 0) is 24.3 Å². The molecule has 0 bridgehead atoms. The number of ether oxygens (including phenoxy) is 1. The van der Waals surface area contributed by atoms with Crippen LogP contribution < -0.4 is 4.74 Å². The predicted octanol–water partition coefficient (Wildman–Crippen LogP) is 0.493. The number of benzene rings is 2. The van der Waals surface area contributed by atoms with Gasteiger partial charge in [-0.2, -0.15) is 0 Å². The molecule has 0 aliphatic heterocycles. The summed E-state index contributed by atoms with van der Waals surface area (Å²) in [5.74, 6) is 1.48. The van der Waals surface area contributed by atoms with Gasteiger partial charge in [-0.25, -0.2) is 9.98 Å². The molecule has 1 heterocycles. The van der Waals surface area contributed by atoms with Gasteiger partial charge < -0.3 is 35.3 Å². The van der Waals surface area contributed by atoms with Crippen molar-refractivity contribution in [1.82, 2.24) is 9.97 Å². The molecule has 0 saturated carbocycles. The van der Waals surface area contributed by atoms with E-state index < -0.39 is 31.0 Å². The zero-order valence-corrected chi connectivity index (χ0v) is 14.8. The van der Waals surface area contributed by atoms with E-state index in [4.69, 9.17) is 9.84 Å². The minimum absolute atomic E-state index is 0.176. The Labute approximate surface area is 160 Å². The molecule has 0 aliphatic carbocycles. The lowest BCUT2D eigenvalue weighted by atomic mass is 10.0. The molecule has 0 spiro atoms. The first-order valence-electron chi connectivity index (χ1n) is 8.58. The van der Waals surface area contributed by atoms with Gasteiger partial charge in [0.2, 0.25) is 5.95 Å². The van der Waals surface area contributed by atoms with Crippen LogP contribution in [0.5, 0.6) is 11.5 Å². The second kappa shape index (κ2) is 8.91. The van der Waals surface area contributed by atoms with Crippen LogP contribution in [0.25, 0.3) is 11.0 Å². The third-order valence-electron chi connectivity index (χ3n) is 4.05. The number of aromatic nitrogens is 2. The van der Waals surface area contributed by atoms with Crippen molar-refractivity contribution in [3.63, 3.8) is 0 Å². The van der Waals surface area contributed by atoms with Gasteiger partial charge in [0.15, 0.2) is 0 Å². The number of rotatable bonds is 8. The molecule has 9 heteroatoms. The van der Waals surface area contributed by atoms with E-state index in [1.165, 1.54) is 0 Å². The monoisotopic (exact) mass is 387 g/mol. The number of imidazole rings is 1. The van der Waals surface area contributed by atoms with Gasteiger partial charge in [0, 0.05) is 12.3 Å². The standard InChI is InChI=1S/C19H21N3O6/c23-10-16(25)18(27)17(26)15(24)9-20-19-21-13-7-6-12(8-14(13)22-19)28-11-4-2-1-3-5-11/h1-9,15-18,23-27H,10H2,(H,21,22)/b20-9+. The zero-order valence-electron chi connectivity index (χ0n) is 14.8. The molecular weight excluding hydrogens is 366 g/mol. The first-order valence-corrected chi connectivity index (χ1v) is 8.58. The largest absolute Gasteiger partial charge is 0.457 e. The maximum atomic E-state index is 9.86. The Hall–Kier alpha value is -2.82. The fourth-order valence-electron chi connectivity index (χ4n) is 2.50. The topological polar surface area (TPSA) is 151 Å². The van der Waals surface area contributed by atoms with Gasteiger partial charge in [-0.3, -0.25) is 0 Å². The molecule has 148 valence electrons. The summed E-state index contributed by atoms with van der Waals surface area (Å²) in [5.41, 5.74) is 1.28. The third-order valence-corrected chi connectivity index (χ3v) is 4.05. The van der Waals surface area contributed by atoms with Gasteiger partial charge in [-0.1, -0.05) is 18.2 Å². The highest BCUT2D eigenvalue weighted by molar-refractivity contribution is 5.79. The molecule has 9 nitrogen and oxygen atoms in total. The average molecular weight is 387 g/mol. The number of aliphatic imine (C=N–C) groups is 1. The maximum absolute atomic E-state index is 9.86. The SMILES string of the molecule is OCC(O)C(O)C(O)C(O)/C=N/c1nc2ccc(Oc3ccccc3)cc2[nH]1. The van der Waals surface area contributed by atoms with E-state index in [9.17, 15) is 20.4 Å². The molecule has 1 aromatic heterocycles. The number of hydrogen-bond acceptors (Lipinski definition) is 8. The van der Waals surface area contributed by atoms with Crippen LogP contribution in [0.4, 0.5) is 5.95 Å². The Morgan fingerprint density at radius 2 is 1.75 bits per heavy atom. The maximum Gasteiger partial charge on any atom is 0.227 e. The van der Waals surface area contributed by atoms with Crippen LogP contribution in [0.1, 0.15) is 0 Å². The Bertz CT molecular complexity index is 930. The van der Waals surface area contributed by atoms with E-state index in [2.05, 4.69) is 15.0 Å². The van der Waals surface area contributed by atoms with Crippen molar-refractivity contribution in [2.45, 2.75) is 24.4 Å². The number of nitrogens with zero attached hydrogens (tertiary/aromatic N) is 2. The first kappa shape index (κ1) is 19.9. The summed E-state index contributed by atoms with van der Waals surface area (Å²) in [5, 5.41) is 47.3. The Kier molecular flexibility index (Phi) is 6.34. The lowest BCUT2D eigenvalue weighted by Crippen LogP contribution is -2.46. The molecule has 0 saturated heterocycles. The number of fused-ring (bicyclic) bond motifs is 1. The molecule has 3 aromatic rings. The Balaban J connectivity index is 1.71. The fraction of sp³-hybridized carbons (Fsp3) is 0.263. The van der Waals surface area contributed by atoms with Crippen molar-refractivity contribution < 1.29 is 30.3 Å². The quantitative estimate of drug-likeness (QED) is 0.308. The highest BCUT2D eigenvalue weighted by Crippen LogP contribution is 2.25. The number of aromatic amines is 1. The Morgan fingerprint density at radius 3 is 2.46 bits per heavy atom. The molecule has 0 aliphatic rings. The summed E-state index contributed by atoms with van der Waals surface area (Å²) >= 11 is 0. The van der Waals surface area contributed by atoms with Crippen LogP contribution in [0, 0.1) is 0 Å². The molecule has 0 radical (unpaired) electrons. The first-order chi connectivity index (χ1) is 13.5. The normalized spacial score (nSPS) is 16.2. The van der Waals surface area contributed by atoms with Gasteiger partial charge in [-0.15, -0.1) is 0 Å². The van der Waals surface area contributed by atoms with Crippen molar-refractivity contribution in [3.8, 4) is 11.5 Å². The number of H-pyrrole nitrogens is 1. The van der Waals surface area contributed by atoms with Crippen LogP contribution in [-0.4, -0.2) is 72.7 Å². The molecule has 0 amide bonds. The van der Waals surface area contributed by atoms with E-state index >= 15 is 0 Å². The van der Waals surface area contributed by atoms with Gasteiger partial charge >= 0.3 is 0 Å². The minimum atomic E-state index is -1.72. The number of nitrogens with one attached hydrogen (secondary N) is 1. The molecule has 3 rings (SSSR count). The summed E-state index contributed by atoms with van der Waals surface area (Å²) < 4.78 is 5.75. The van der Waals surface area contributed by atoms with E-state index in [1.807, 2.05) is 30.3 Å². The highest BCUT2D eigenvalue weighted by atomic mass is 16.5. The molecule has 6 N–H and O–H groups in total. The second-order valence-corrected chi connectivity index (χ2v) is 6.15. The van der Waals surface area contributed by atoms with Crippen LogP contribution in [-0.2, 0) is 0 Å². The van der Waals surface area contributed by atoms with Gasteiger partial charge in [0.05, 0.1) is 17.6 Å². The number of aliphatic hydroxyl groups is 5. The number of hydrogen-bond donors (Lipinski definition) is 6. The van der Waals surface area contributed by atoms with Crippen molar-refractivity contribution in [1.29, 1.82) is 0 Å². The summed E-state index contributed by atoms with van der Waals surface area (Å²) in [7, 11) is 0. The van der Waals surface area contributed by atoms with Gasteiger partial charge in [0.25, 0.3) is 0 Å². The van der Waals surface area contributed by atoms with Crippen molar-refractivity contribution >= 4 is 23.2 Å². The molecule has 4 unspecified atom stereocenters. The van der Waals surface area contributed by atoms with E-state index in [1.54, 1.807) is 18.2 Å². The van der Waals surface area contributed by atoms with Crippen LogP contribution in [0.15, 0.2) is 53.5 Å². The predicted molar refractivity (Wildman–Crippen MR) is 102 cm³/mol. The molecular formula is C19H21N3O6. The molecule has 0 fully saturated rings. The minimum Gasteiger partial charge on any atom is -0.457 e. The summed E-state index contributed by atoms with van der Waals surface area (Å²) in [4.78, 5) is 11.1. The smallest absolute Gasteiger partial charge is 0.227 e. The van der Waals surface area contributed by atoms with Crippen molar-refractivity contribution in [2.75, 3.05) is 6.61 Å². The zero-order chi connectivity index (χ0) is 20.1. The van der Waals surface area contributed by atoms with Crippen molar-refractivity contribution in [3.05, 3.63) is 48.5 Å². The van der Waals surface area contributed by atoms with Crippen LogP contribution >= 0.6 is 0 Å². The van der Waals surface area contributed by atoms with Crippen LogP contribution in [0.3, 0.4) is 0 Å². The third kappa shape index (κ3) is 4.71. The molecule has 4 atom stereocenters. The Morgan fingerprint density at radius 1 is 1.00 bits per heavy atom. The lowest BCUT2D eigenvalue weighted by Gasteiger charge is -2.23. The highest BCUT2D eigenvalue weighted by Gasteiger charge is 2.29. The number of aliphatic hydroxyl groups excluding tert-OH is 5. The van der Waals surface area contributed by atoms with E-state index in [-0.39, 0.29) is 5.95 Å². The van der Waals surface area contributed by atoms with E-state index in [0.29, 0.717) is 22.5 Å². The van der Waals surface area contributed by atoms with Crippen LogP contribution in [0.2, 0.25) is 0 Å². The van der Waals surface area contributed by atoms with Crippen molar-refractivity contribution in [2.24, 2.45) is 4.99 Å². The number of para-hydroxylation sites is 1.